The summed E-state index contributed by atoms with van der Waals surface area (Å²) >= 11 is 0. The second-order valence-electron chi connectivity index (χ2n) is 5.78. The molecule has 1 saturated heterocycles. The van der Waals surface area contributed by atoms with Crippen molar-refractivity contribution in [3.05, 3.63) is 48.0 Å². The van der Waals surface area contributed by atoms with Gasteiger partial charge in [0.1, 0.15) is 12.4 Å². The lowest BCUT2D eigenvalue weighted by atomic mass is 9.97. The molecule has 0 spiro atoms. The Labute approximate surface area is 144 Å². The van der Waals surface area contributed by atoms with Crippen LogP contribution in [-0.2, 0) is 20.9 Å². The number of nitrogens with zero attached hydrogens (tertiary/aromatic N) is 3. The third kappa shape index (κ3) is 3.39. The minimum absolute atomic E-state index is 0.228. The largest absolute Gasteiger partial charge is 0.356 e. The molecular weight excluding hydrogens is 327 g/mol. The predicted octanol–water partition coefficient (Wildman–Crippen LogP) is 1.58. The first-order valence-electron chi connectivity index (χ1n) is 7.96. The topological polar surface area (TPSA) is 76.5 Å². The fraction of sp³-hybridized carbons (Fsp3) is 0.353. The number of rotatable bonds is 4. The zero-order valence-corrected chi connectivity index (χ0v) is 14.0. The predicted molar refractivity (Wildman–Crippen MR) is 88.2 cm³/mol. The van der Waals surface area contributed by atoms with E-state index in [0.29, 0.717) is 12.2 Å². The molecule has 7 nitrogen and oxygen atoms in total. The van der Waals surface area contributed by atoms with Crippen LogP contribution in [0.5, 0.6) is 0 Å². The molecular formula is C17H19FN4O3. The van der Waals surface area contributed by atoms with Crippen LogP contribution in [0.3, 0.4) is 0 Å². The highest BCUT2D eigenvalue weighted by atomic mass is 19.1. The van der Waals surface area contributed by atoms with Gasteiger partial charge in [-0.1, -0.05) is 18.2 Å². The van der Waals surface area contributed by atoms with E-state index in [9.17, 15) is 14.0 Å². The fourth-order valence-corrected chi connectivity index (χ4v) is 2.83. The zero-order valence-electron chi connectivity index (χ0n) is 14.0. The number of nitrogens with one attached hydrogen (secondary N) is 1. The van der Waals surface area contributed by atoms with Crippen LogP contribution in [0.25, 0.3) is 0 Å². The van der Waals surface area contributed by atoms with Crippen molar-refractivity contribution in [2.24, 2.45) is 0 Å². The number of halogens is 1. The molecule has 2 atom stereocenters. The second-order valence-corrected chi connectivity index (χ2v) is 5.78. The number of likely N-dealkylation sites (N-methyl/N-ethyl adjacent to an activating group) is 1. The number of hydrogen-bond acceptors (Lipinski definition) is 4. The summed E-state index contributed by atoms with van der Waals surface area (Å²) in [5.41, 5.74) is 0.754. The molecule has 1 aromatic carbocycles. The number of hydrogen-bond donors (Lipinski definition) is 1. The first-order valence-corrected chi connectivity index (χ1v) is 7.96. The molecule has 1 aromatic heterocycles. The second kappa shape index (κ2) is 7.02. The molecule has 8 heteroatoms. The standard InChI is InChI=1S/C17H19FN4O3/c1-3-22-9-11(8-19-22)20-17(24)16-15(21(2)14(23)10-25-16)12-6-4-5-7-13(12)18/h4-9,15-16H,3,10H2,1-2H3,(H,20,24)/t15-,16-/m0/s1. The van der Waals surface area contributed by atoms with E-state index in [1.54, 1.807) is 29.1 Å². The summed E-state index contributed by atoms with van der Waals surface area (Å²) < 4.78 is 21.4. The Morgan fingerprint density at radius 2 is 2.20 bits per heavy atom. The summed E-state index contributed by atoms with van der Waals surface area (Å²) in [6.45, 7) is 2.37. The molecule has 0 aliphatic carbocycles. The highest BCUT2D eigenvalue weighted by Crippen LogP contribution is 2.31. The monoisotopic (exact) mass is 346 g/mol. The Morgan fingerprint density at radius 3 is 2.88 bits per heavy atom. The minimum Gasteiger partial charge on any atom is -0.356 e. The van der Waals surface area contributed by atoms with Crippen LogP contribution < -0.4 is 5.32 Å². The Bertz CT molecular complexity index is 792. The van der Waals surface area contributed by atoms with E-state index in [4.69, 9.17) is 4.74 Å². The van der Waals surface area contributed by atoms with E-state index in [2.05, 4.69) is 10.4 Å². The van der Waals surface area contributed by atoms with Crippen LogP contribution in [-0.4, -0.2) is 46.3 Å². The third-order valence-corrected chi connectivity index (χ3v) is 4.19. The van der Waals surface area contributed by atoms with Gasteiger partial charge in [0.2, 0.25) is 5.91 Å². The van der Waals surface area contributed by atoms with Crippen LogP contribution in [0.2, 0.25) is 0 Å². The summed E-state index contributed by atoms with van der Waals surface area (Å²) in [5.74, 6) is -1.26. The van der Waals surface area contributed by atoms with Crippen LogP contribution >= 0.6 is 0 Å². The lowest BCUT2D eigenvalue weighted by molar-refractivity contribution is -0.160. The van der Waals surface area contributed by atoms with Crippen molar-refractivity contribution in [2.45, 2.75) is 25.6 Å². The number of anilines is 1. The average Bonchev–Trinajstić information content (AvgIpc) is 3.05. The summed E-state index contributed by atoms with van der Waals surface area (Å²) in [4.78, 5) is 26.0. The fourth-order valence-electron chi connectivity index (χ4n) is 2.83. The molecule has 3 rings (SSSR count). The quantitative estimate of drug-likeness (QED) is 0.912. The van der Waals surface area contributed by atoms with Gasteiger partial charge < -0.3 is 15.0 Å². The van der Waals surface area contributed by atoms with Crippen LogP contribution in [0, 0.1) is 5.82 Å². The van der Waals surface area contributed by atoms with Crippen molar-refractivity contribution >= 4 is 17.5 Å². The van der Waals surface area contributed by atoms with Crippen molar-refractivity contribution < 1.29 is 18.7 Å². The normalized spacial score (nSPS) is 20.6. The number of ether oxygens (including phenoxy) is 1. The molecule has 0 unspecified atom stereocenters. The third-order valence-electron chi connectivity index (χ3n) is 4.19. The molecule has 2 heterocycles. The minimum atomic E-state index is -1.02. The van der Waals surface area contributed by atoms with E-state index < -0.39 is 23.9 Å². The number of carbonyl (C=O) groups excluding carboxylic acids is 2. The van der Waals surface area contributed by atoms with E-state index in [1.165, 1.54) is 24.2 Å². The van der Waals surface area contributed by atoms with Gasteiger partial charge in [0.25, 0.3) is 5.91 Å². The van der Waals surface area contributed by atoms with Gasteiger partial charge in [-0.25, -0.2) is 4.39 Å². The van der Waals surface area contributed by atoms with Gasteiger partial charge in [0.05, 0.1) is 17.9 Å². The SMILES string of the molecule is CCn1cc(NC(=O)[C@H]2OCC(=O)N(C)[C@H]2c2ccccc2F)cn1. The van der Waals surface area contributed by atoms with Gasteiger partial charge in [-0.15, -0.1) is 0 Å². The number of amides is 2. The molecule has 0 radical (unpaired) electrons. The van der Waals surface area contributed by atoms with Crippen LogP contribution in [0.1, 0.15) is 18.5 Å². The zero-order chi connectivity index (χ0) is 18.0. The van der Waals surface area contributed by atoms with Crippen molar-refractivity contribution in [1.29, 1.82) is 0 Å². The number of aryl methyl sites for hydroxylation is 1. The van der Waals surface area contributed by atoms with Gasteiger partial charge in [0, 0.05) is 25.4 Å². The lowest BCUT2D eigenvalue weighted by Gasteiger charge is -2.38. The Balaban J connectivity index is 1.87. The Kier molecular flexibility index (Phi) is 4.80. The summed E-state index contributed by atoms with van der Waals surface area (Å²) in [7, 11) is 1.54. The molecule has 1 aliphatic heterocycles. The van der Waals surface area contributed by atoms with Crippen LogP contribution in [0.4, 0.5) is 10.1 Å². The molecule has 1 N–H and O–H groups in total. The van der Waals surface area contributed by atoms with Gasteiger partial charge in [-0.05, 0) is 13.0 Å². The van der Waals surface area contributed by atoms with Crippen molar-refractivity contribution in [3.8, 4) is 0 Å². The van der Waals surface area contributed by atoms with E-state index in [1.807, 2.05) is 6.92 Å². The van der Waals surface area contributed by atoms with E-state index in [0.717, 1.165) is 0 Å². The van der Waals surface area contributed by atoms with Gasteiger partial charge >= 0.3 is 0 Å². The summed E-state index contributed by atoms with van der Waals surface area (Å²) in [6, 6.07) is 5.21. The van der Waals surface area contributed by atoms with Gasteiger partial charge in [-0.3, -0.25) is 14.3 Å². The molecule has 2 aromatic rings. The van der Waals surface area contributed by atoms with Crippen molar-refractivity contribution in [1.82, 2.24) is 14.7 Å². The molecule has 1 fully saturated rings. The lowest BCUT2D eigenvalue weighted by Crippen LogP contribution is -2.51. The molecule has 25 heavy (non-hydrogen) atoms. The molecule has 132 valence electrons. The molecule has 0 bridgehead atoms. The van der Waals surface area contributed by atoms with E-state index >= 15 is 0 Å². The highest BCUT2D eigenvalue weighted by Gasteiger charge is 2.41. The van der Waals surface area contributed by atoms with Gasteiger partial charge in [0.15, 0.2) is 6.10 Å². The Morgan fingerprint density at radius 1 is 1.44 bits per heavy atom. The number of carbonyl (C=O) groups is 2. The summed E-state index contributed by atoms with van der Waals surface area (Å²) in [6.07, 6.45) is 2.19. The maximum atomic E-state index is 14.2. The smallest absolute Gasteiger partial charge is 0.256 e. The number of benzene rings is 1. The molecule has 2 amide bonds. The molecule has 1 aliphatic rings. The molecule has 0 saturated carbocycles. The number of morpholine rings is 1. The van der Waals surface area contributed by atoms with Crippen molar-refractivity contribution in [3.63, 3.8) is 0 Å². The Hall–Kier alpha value is -2.74. The van der Waals surface area contributed by atoms with E-state index in [-0.39, 0.29) is 18.1 Å². The highest BCUT2D eigenvalue weighted by molar-refractivity contribution is 5.96. The first kappa shape index (κ1) is 17.1. The first-order chi connectivity index (χ1) is 12.0. The van der Waals surface area contributed by atoms with Crippen LogP contribution in [0.15, 0.2) is 36.7 Å². The average molecular weight is 346 g/mol. The number of aromatic nitrogens is 2. The van der Waals surface area contributed by atoms with Gasteiger partial charge in [-0.2, -0.15) is 5.10 Å². The maximum absolute atomic E-state index is 14.2. The van der Waals surface area contributed by atoms with Crippen molar-refractivity contribution in [2.75, 3.05) is 19.0 Å². The summed E-state index contributed by atoms with van der Waals surface area (Å²) in [5, 5.41) is 6.80. The maximum Gasteiger partial charge on any atom is 0.256 e.